The number of aromatic nitrogens is 2. The molecular weight excluding hydrogens is 812 g/mol. The van der Waals surface area contributed by atoms with Gasteiger partial charge in [-0.2, -0.15) is 0 Å². The number of aromatic amines is 1. The number of hydrogen-bond donors (Lipinski definition) is 3. The molecule has 330 valence electrons. The van der Waals surface area contributed by atoms with Crippen molar-refractivity contribution >= 4 is 44.0 Å². The molecule has 2 saturated heterocycles. The lowest BCUT2D eigenvalue weighted by Crippen LogP contribution is -2.47. The molecule has 2 fully saturated rings. The highest BCUT2D eigenvalue weighted by atomic mass is 32.2. The second kappa shape index (κ2) is 17.4. The zero-order chi connectivity index (χ0) is 43.8. The predicted octanol–water partition coefficient (Wildman–Crippen LogP) is 8.21. The molecule has 62 heavy (non-hydrogen) atoms. The van der Waals surface area contributed by atoms with Crippen molar-refractivity contribution in [3.05, 3.63) is 99.4 Å². The minimum absolute atomic E-state index is 0.0206. The summed E-state index contributed by atoms with van der Waals surface area (Å²) in [7, 11) is -2.71. The van der Waals surface area contributed by atoms with Crippen LogP contribution in [0.3, 0.4) is 0 Å². The molecule has 2 aliphatic heterocycles. The Morgan fingerprint density at radius 3 is 2.53 bits per heavy atom. The number of benzene rings is 2. The number of nitrogens with one attached hydrogen (secondary N) is 3. The fourth-order valence-corrected chi connectivity index (χ4v) is 10.1. The molecule has 3 N–H and O–H groups in total. The molecule has 2 aromatic heterocycles. The van der Waals surface area contributed by atoms with Crippen LogP contribution in [0.2, 0.25) is 0 Å². The van der Waals surface area contributed by atoms with Gasteiger partial charge in [-0.3, -0.25) is 19.8 Å². The van der Waals surface area contributed by atoms with Crippen LogP contribution in [-0.2, 0) is 10.0 Å². The van der Waals surface area contributed by atoms with Gasteiger partial charge in [-0.05, 0) is 93.8 Å². The van der Waals surface area contributed by atoms with Crippen LogP contribution in [0.15, 0.2) is 88.6 Å². The second-order valence-corrected chi connectivity index (χ2v) is 20.0. The number of likely N-dealkylation sites (tertiary alicyclic amines) is 1. The number of piperidine rings is 1. The Kier molecular flexibility index (Phi) is 12.2. The number of rotatable bonds is 14. The molecular formula is C46H57FN8O6S. The summed E-state index contributed by atoms with van der Waals surface area (Å²) < 4.78 is 51.2. The number of hydrogen-bond acceptors (Lipinski definition) is 11. The highest BCUT2D eigenvalue weighted by Gasteiger charge is 2.36. The van der Waals surface area contributed by atoms with Crippen molar-refractivity contribution in [1.29, 1.82) is 0 Å². The van der Waals surface area contributed by atoms with Crippen molar-refractivity contribution in [2.45, 2.75) is 76.3 Å². The number of ether oxygens (including phenoxy) is 1. The summed E-state index contributed by atoms with van der Waals surface area (Å²) in [5.74, 6) is 0.0565. The maximum atomic E-state index is 15.4. The lowest BCUT2D eigenvalue weighted by atomic mass is 9.67. The van der Waals surface area contributed by atoms with E-state index in [1.54, 1.807) is 41.1 Å². The number of nitro benzene ring substituents is 1. The number of sulfonamides is 1. The minimum atomic E-state index is -4.62. The van der Waals surface area contributed by atoms with Gasteiger partial charge in [0.25, 0.3) is 21.6 Å². The summed E-state index contributed by atoms with van der Waals surface area (Å²) in [6.07, 6.45) is 12.1. The fraction of sp³-hybridized carbons (Fsp3) is 0.478. The first-order valence-electron chi connectivity index (χ1n) is 21.7. The standard InChI is InChI=1S/C46H57FN8O6S/c1-5-31-22-34(23-31)39-27-45(2,3)12-10-33(39)29-53-18-20-54(21-19-53)35-6-8-38(42(25-35)61-36-24-32-11-15-48-43(32)49-28-36)44(56)51-62(59,60)37-7-9-40(41(26-37)55(57)58)50-30-46(47)13-16-52(4)17-14-46/h6-9,11,15,22,24-26,28,34,50H,5,10,12-14,16-21,23,27,29-30H2,1-4H3,(H,48,49)(H,51,56). The van der Waals surface area contributed by atoms with Crippen LogP contribution in [0, 0.1) is 21.4 Å². The number of carbonyl (C=O) groups is 1. The number of allylic oxidation sites excluding steroid dienone is 3. The van der Waals surface area contributed by atoms with Crippen LogP contribution < -0.4 is 19.7 Å². The molecule has 0 bridgehead atoms. The fourth-order valence-electron chi connectivity index (χ4n) is 9.15. The van der Waals surface area contributed by atoms with Crippen molar-refractivity contribution in [3.8, 4) is 11.5 Å². The van der Waals surface area contributed by atoms with E-state index < -0.39 is 37.1 Å². The monoisotopic (exact) mass is 868 g/mol. The molecule has 4 heterocycles. The van der Waals surface area contributed by atoms with Crippen LogP contribution in [0.25, 0.3) is 11.0 Å². The van der Waals surface area contributed by atoms with Gasteiger partial charge in [0.1, 0.15) is 28.5 Å². The Morgan fingerprint density at radius 1 is 1.05 bits per heavy atom. The molecule has 1 atom stereocenters. The molecule has 1 unspecified atom stereocenters. The third-order valence-corrected chi connectivity index (χ3v) is 14.5. The number of nitro groups is 1. The van der Waals surface area contributed by atoms with Crippen molar-refractivity contribution in [2.75, 3.05) is 69.6 Å². The first-order chi connectivity index (χ1) is 29.6. The molecule has 0 radical (unpaired) electrons. The van der Waals surface area contributed by atoms with E-state index in [-0.39, 0.29) is 36.4 Å². The van der Waals surface area contributed by atoms with Gasteiger partial charge < -0.3 is 24.8 Å². The van der Waals surface area contributed by atoms with E-state index in [4.69, 9.17) is 4.74 Å². The molecule has 2 aromatic carbocycles. The quantitative estimate of drug-likeness (QED) is 0.0635. The van der Waals surface area contributed by atoms with Gasteiger partial charge in [-0.15, -0.1) is 0 Å². The zero-order valence-electron chi connectivity index (χ0n) is 36.0. The highest BCUT2D eigenvalue weighted by Crippen LogP contribution is 2.47. The smallest absolute Gasteiger partial charge is 0.293 e. The molecule has 2 aliphatic carbocycles. The topological polar surface area (TPSA) is 166 Å². The first kappa shape index (κ1) is 43.3. The summed E-state index contributed by atoms with van der Waals surface area (Å²) in [5.41, 5.74) is 4.41. The van der Waals surface area contributed by atoms with E-state index >= 15 is 4.39 Å². The van der Waals surface area contributed by atoms with E-state index in [9.17, 15) is 23.3 Å². The molecule has 8 rings (SSSR count). The Hall–Kier alpha value is -5.32. The molecule has 14 nitrogen and oxygen atoms in total. The van der Waals surface area contributed by atoms with Gasteiger partial charge in [0.15, 0.2) is 0 Å². The van der Waals surface area contributed by atoms with Crippen molar-refractivity contribution in [2.24, 2.45) is 11.3 Å². The SMILES string of the molecule is CCC1=CC(C2=C(CN3CCN(c4ccc(C(=O)NS(=O)(=O)c5ccc(NCC6(F)CCN(C)CC6)c([N+](=O)[O-])c5)c(Oc5cnc6[nH]ccc6c5)c4)CC3)CCC(C)(C)C2)C1. The number of fused-ring (bicyclic) bond motifs is 1. The average Bonchev–Trinajstić information content (AvgIpc) is 3.70. The lowest BCUT2D eigenvalue weighted by Gasteiger charge is -2.42. The van der Waals surface area contributed by atoms with Crippen LogP contribution in [0.5, 0.6) is 11.5 Å². The number of nitrogens with zero attached hydrogens (tertiary/aromatic N) is 5. The third-order valence-electron chi connectivity index (χ3n) is 13.2. The number of anilines is 2. The average molecular weight is 869 g/mol. The maximum absolute atomic E-state index is 15.4. The van der Waals surface area contributed by atoms with Crippen LogP contribution >= 0.6 is 0 Å². The van der Waals surface area contributed by atoms with Crippen LogP contribution in [-0.4, -0.2) is 104 Å². The first-order valence-corrected chi connectivity index (χ1v) is 23.1. The van der Waals surface area contributed by atoms with Gasteiger partial charge in [-0.25, -0.2) is 22.5 Å². The van der Waals surface area contributed by atoms with Gasteiger partial charge in [0, 0.05) is 87.7 Å². The summed E-state index contributed by atoms with van der Waals surface area (Å²) in [6.45, 7) is 12.2. The van der Waals surface area contributed by atoms with Gasteiger partial charge in [-0.1, -0.05) is 43.6 Å². The van der Waals surface area contributed by atoms with E-state index in [0.717, 1.165) is 75.2 Å². The normalized spacial score (nSPS) is 20.7. The zero-order valence-corrected chi connectivity index (χ0v) is 36.8. The van der Waals surface area contributed by atoms with Crippen molar-refractivity contribution in [1.82, 2.24) is 24.5 Å². The number of carbonyl (C=O) groups excluding carboxylic acids is 1. The van der Waals surface area contributed by atoms with E-state index in [1.807, 2.05) is 18.0 Å². The molecule has 4 aliphatic rings. The number of alkyl halides is 1. The van der Waals surface area contributed by atoms with Crippen LogP contribution in [0.1, 0.15) is 76.1 Å². The largest absolute Gasteiger partial charge is 0.455 e. The maximum Gasteiger partial charge on any atom is 0.293 e. The third kappa shape index (κ3) is 9.67. The Morgan fingerprint density at radius 2 is 1.81 bits per heavy atom. The van der Waals surface area contributed by atoms with Gasteiger partial charge >= 0.3 is 0 Å². The molecule has 0 spiro atoms. The number of amides is 1. The van der Waals surface area contributed by atoms with Crippen molar-refractivity contribution in [3.63, 3.8) is 0 Å². The number of halogens is 1. The van der Waals surface area contributed by atoms with E-state index in [1.165, 1.54) is 31.2 Å². The number of piperazine rings is 1. The Balaban J connectivity index is 0.993. The van der Waals surface area contributed by atoms with Gasteiger partial charge in [0.05, 0.1) is 21.6 Å². The van der Waals surface area contributed by atoms with E-state index in [2.05, 4.69) is 56.7 Å². The highest BCUT2D eigenvalue weighted by molar-refractivity contribution is 7.90. The Labute approximate surface area is 362 Å². The summed E-state index contributed by atoms with van der Waals surface area (Å²) in [6, 6.07) is 11.9. The van der Waals surface area contributed by atoms with Crippen LogP contribution in [0.4, 0.5) is 21.5 Å². The number of H-pyrrole nitrogens is 1. The predicted molar refractivity (Wildman–Crippen MR) is 239 cm³/mol. The molecule has 4 aromatic rings. The lowest BCUT2D eigenvalue weighted by molar-refractivity contribution is -0.384. The van der Waals surface area contributed by atoms with E-state index in [0.29, 0.717) is 35.8 Å². The van der Waals surface area contributed by atoms with Crippen molar-refractivity contribution < 1.29 is 27.3 Å². The Bertz CT molecular complexity index is 2520. The summed E-state index contributed by atoms with van der Waals surface area (Å²) in [4.78, 5) is 39.1. The summed E-state index contributed by atoms with van der Waals surface area (Å²) >= 11 is 0. The summed E-state index contributed by atoms with van der Waals surface area (Å²) in [5, 5.41) is 15.7. The molecule has 16 heteroatoms. The second-order valence-electron chi connectivity index (χ2n) is 18.3. The minimum Gasteiger partial charge on any atom is -0.455 e. The number of pyridine rings is 1. The molecule has 0 saturated carbocycles. The molecule has 1 amide bonds. The van der Waals surface area contributed by atoms with Gasteiger partial charge in [0.2, 0.25) is 0 Å².